The second kappa shape index (κ2) is 11.0. The lowest BCUT2D eigenvalue weighted by molar-refractivity contribution is -0.143. The van der Waals surface area contributed by atoms with Crippen LogP contribution in [0.3, 0.4) is 0 Å². The molecule has 2 N–H and O–H groups in total. The molecule has 1 aromatic heterocycles. The van der Waals surface area contributed by atoms with Gasteiger partial charge in [0.2, 0.25) is 0 Å². The van der Waals surface area contributed by atoms with E-state index < -0.39 is 6.04 Å². The van der Waals surface area contributed by atoms with Crippen molar-refractivity contribution in [2.24, 2.45) is 0 Å². The van der Waals surface area contributed by atoms with Crippen LogP contribution in [0.4, 0.5) is 4.79 Å². The summed E-state index contributed by atoms with van der Waals surface area (Å²) in [5.74, 6) is -0.344. The number of carbonyl (C=O) groups is 2. The summed E-state index contributed by atoms with van der Waals surface area (Å²) in [6.45, 7) is 5.27. The molecule has 2 aromatic carbocycles. The van der Waals surface area contributed by atoms with E-state index in [1.165, 1.54) is 11.1 Å². The van der Waals surface area contributed by atoms with Crippen LogP contribution in [0.15, 0.2) is 72.9 Å². The highest BCUT2D eigenvalue weighted by Crippen LogP contribution is 2.17. The van der Waals surface area contributed by atoms with Crippen LogP contribution < -0.4 is 10.6 Å². The van der Waals surface area contributed by atoms with Gasteiger partial charge in [-0.3, -0.25) is 4.79 Å². The van der Waals surface area contributed by atoms with Crippen molar-refractivity contribution >= 4 is 12.0 Å². The van der Waals surface area contributed by atoms with Gasteiger partial charge in [0.1, 0.15) is 0 Å². The average molecular weight is 420 g/mol. The average Bonchev–Trinajstić information content (AvgIpc) is 3.19. The highest BCUT2D eigenvalue weighted by Gasteiger charge is 2.19. The van der Waals surface area contributed by atoms with Gasteiger partial charge in [0.05, 0.1) is 25.6 Å². The van der Waals surface area contributed by atoms with Crippen molar-refractivity contribution in [3.63, 3.8) is 0 Å². The second-order valence-corrected chi connectivity index (χ2v) is 7.42. The Morgan fingerprint density at radius 1 is 1.03 bits per heavy atom. The summed E-state index contributed by atoms with van der Waals surface area (Å²) in [6, 6.07) is 21.0. The number of benzene rings is 2. The quantitative estimate of drug-likeness (QED) is 0.507. The molecule has 0 bridgehead atoms. The lowest BCUT2D eigenvalue weighted by atomic mass is 10.0. The van der Waals surface area contributed by atoms with E-state index in [-0.39, 0.29) is 18.4 Å². The summed E-state index contributed by atoms with van der Waals surface area (Å²) in [5.41, 5.74) is 4.28. The summed E-state index contributed by atoms with van der Waals surface area (Å²) in [7, 11) is 0. The van der Waals surface area contributed by atoms with Gasteiger partial charge >= 0.3 is 12.0 Å². The van der Waals surface area contributed by atoms with Crippen molar-refractivity contribution in [2.45, 2.75) is 39.4 Å². The van der Waals surface area contributed by atoms with Crippen molar-refractivity contribution in [1.29, 1.82) is 0 Å². The van der Waals surface area contributed by atoms with Crippen molar-refractivity contribution in [3.8, 4) is 0 Å². The summed E-state index contributed by atoms with van der Waals surface area (Å²) in [6.07, 6.45) is 2.08. The number of hydrogen-bond donors (Lipinski definition) is 2. The zero-order valence-corrected chi connectivity index (χ0v) is 18.0. The third-order valence-corrected chi connectivity index (χ3v) is 4.97. The van der Waals surface area contributed by atoms with Gasteiger partial charge in [0.15, 0.2) is 0 Å². The van der Waals surface area contributed by atoms with Crippen LogP contribution in [0.2, 0.25) is 0 Å². The highest BCUT2D eigenvalue weighted by molar-refractivity contribution is 5.76. The molecule has 0 aliphatic rings. The van der Waals surface area contributed by atoms with Gasteiger partial charge in [0, 0.05) is 18.4 Å². The molecular weight excluding hydrogens is 390 g/mol. The van der Waals surface area contributed by atoms with Crippen LogP contribution in [0, 0.1) is 6.92 Å². The number of hydrogen-bond acceptors (Lipinski definition) is 3. The normalized spacial score (nSPS) is 11.5. The number of nitrogens with zero attached hydrogens (tertiary/aromatic N) is 1. The minimum atomic E-state index is -0.459. The molecule has 31 heavy (non-hydrogen) atoms. The van der Waals surface area contributed by atoms with Crippen LogP contribution in [0.5, 0.6) is 0 Å². The smallest absolute Gasteiger partial charge is 0.315 e. The van der Waals surface area contributed by atoms with E-state index in [2.05, 4.69) is 40.3 Å². The molecule has 2 amide bonds. The van der Waals surface area contributed by atoms with E-state index in [1.807, 2.05) is 54.7 Å². The molecule has 6 nitrogen and oxygen atoms in total. The van der Waals surface area contributed by atoms with E-state index in [0.717, 1.165) is 17.8 Å². The number of rotatable bonds is 9. The lowest BCUT2D eigenvalue weighted by Gasteiger charge is -2.19. The van der Waals surface area contributed by atoms with Crippen molar-refractivity contribution in [3.05, 3.63) is 95.3 Å². The molecule has 3 rings (SSSR count). The Labute approximate surface area is 183 Å². The predicted octanol–water partition coefficient (Wildman–Crippen LogP) is 4.34. The zero-order chi connectivity index (χ0) is 22.1. The van der Waals surface area contributed by atoms with Gasteiger partial charge in [0.25, 0.3) is 0 Å². The van der Waals surface area contributed by atoms with E-state index in [9.17, 15) is 9.59 Å². The van der Waals surface area contributed by atoms with E-state index in [4.69, 9.17) is 4.74 Å². The Morgan fingerprint density at radius 2 is 1.84 bits per heavy atom. The van der Waals surface area contributed by atoms with Crippen LogP contribution >= 0.6 is 0 Å². The molecule has 0 spiro atoms. The highest BCUT2D eigenvalue weighted by atomic mass is 16.5. The largest absolute Gasteiger partial charge is 0.466 e. The molecular formula is C25H29N3O3. The Kier molecular flexibility index (Phi) is 7.87. The minimum absolute atomic E-state index is 0.0784. The van der Waals surface area contributed by atoms with Gasteiger partial charge < -0.3 is 19.9 Å². The van der Waals surface area contributed by atoms with Crippen LogP contribution in [0.1, 0.15) is 41.8 Å². The first-order valence-electron chi connectivity index (χ1n) is 10.5. The number of urea groups is 1. The van der Waals surface area contributed by atoms with E-state index in [0.29, 0.717) is 13.2 Å². The SMILES string of the molecule is CCOC(=O)CC(NC(=O)NCc1cccn1Cc1cccc(C)c1)c1ccccc1. The predicted molar refractivity (Wildman–Crippen MR) is 121 cm³/mol. The fourth-order valence-electron chi connectivity index (χ4n) is 3.48. The number of esters is 1. The Hall–Kier alpha value is -3.54. The van der Waals surface area contributed by atoms with Crippen LogP contribution in [-0.4, -0.2) is 23.2 Å². The fraction of sp³-hybridized carbons (Fsp3) is 0.280. The lowest BCUT2D eigenvalue weighted by Crippen LogP contribution is -2.38. The molecule has 0 radical (unpaired) electrons. The summed E-state index contributed by atoms with van der Waals surface area (Å²) in [5, 5.41) is 5.81. The third-order valence-electron chi connectivity index (χ3n) is 4.97. The summed E-state index contributed by atoms with van der Waals surface area (Å²) >= 11 is 0. The molecule has 1 atom stereocenters. The van der Waals surface area contributed by atoms with E-state index in [1.54, 1.807) is 6.92 Å². The van der Waals surface area contributed by atoms with Gasteiger partial charge in [-0.1, -0.05) is 60.2 Å². The van der Waals surface area contributed by atoms with Gasteiger partial charge in [-0.05, 0) is 37.1 Å². The zero-order valence-electron chi connectivity index (χ0n) is 18.0. The third kappa shape index (κ3) is 6.74. The second-order valence-electron chi connectivity index (χ2n) is 7.42. The molecule has 0 saturated carbocycles. The maximum Gasteiger partial charge on any atom is 0.315 e. The molecule has 0 saturated heterocycles. The number of carbonyl (C=O) groups excluding carboxylic acids is 2. The van der Waals surface area contributed by atoms with Gasteiger partial charge in [-0.2, -0.15) is 0 Å². The van der Waals surface area contributed by atoms with Crippen molar-refractivity contribution in [1.82, 2.24) is 15.2 Å². The molecule has 0 aliphatic carbocycles. The first kappa shape index (κ1) is 22.2. The fourth-order valence-corrected chi connectivity index (χ4v) is 3.48. The molecule has 162 valence electrons. The molecule has 3 aromatic rings. The van der Waals surface area contributed by atoms with Gasteiger partial charge in [-0.25, -0.2) is 4.79 Å². The first-order chi connectivity index (χ1) is 15.0. The topological polar surface area (TPSA) is 72.4 Å². The molecule has 0 aliphatic heterocycles. The summed E-state index contributed by atoms with van der Waals surface area (Å²) < 4.78 is 7.17. The maximum absolute atomic E-state index is 12.6. The monoisotopic (exact) mass is 419 g/mol. The Morgan fingerprint density at radius 3 is 2.58 bits per heavy atom. The molecule has 6 heteroatoms. The number of aryl methyl sites for hydroxylation is 1. The van der Waals surface area contributed by atoms with Gasteiger partial charge in [-0.15, -0.1) is 0 Å². The first-order valence-corrected chi connectivity index (χ1v) is 10.5. The van der Waals surface area contributed by atoms with Crippen molar-refractivity contribution in [2.75, 3.05) is 6.61 Å². The Bertz CT molecular complexity index is 998. The Balaban J connectivity index is 1.60. The van der Waals surface area contributed by atoms with Crippen molar-refractivity contribution < 1.29 is 14.3 Å². The number of ether oxygens (including phenoxy) is 1. The number of nitrogens with one attached hydrogen (secondary N) is 2. The standard InChI is InChI=1S/C25H29N3O3/c1-3-31-24(29)16-23(21-11-5-4-6-12-21)27-25(30)26-17-22-13-8-14-28(22)18-20-10-7-9-19(2)15-20/h4-15,23H,3,16-18H2,1-2H3,(H2,26,27,30). The molecule has 0 fully saturated rings. The van der Waals surface area contributed by atoms with E-state index >= 15 is 0 Å². The number of amides is 2. The van der Waals surface area contributed by atoms with Crippen LogP contribution in [0.25, 0.3) is 0 Å². The summed E-state index contributed by atoms with van der Waals surface area (Å²) in [4.78, 5) is 24.6. The minimum Gasteiger partial charge on any atom is -0.466 e. The van der Waals surface area contributed by atoms with Crippen LogP contribution in [-0.2, 0) is 22.6 Å². The number of aromatic nitrogens is 1. The molecule has 1 unspecified atom stereocenters. The maximum atomic E-state index is 12.6. The molecule has 1 heterocycles.